The van der Waals surface area contributed by atoms with Crippen LogP contribution in [0.3, 0.4) is 0 Å². The lowest BCUT2D eigenvalue weighted by atomic mass is 9.94. The fourth-order valence-electron chi connectivity index (χ4n) is 4.38. The molecule has 2 aliphatic rings. The lowest BCUT2D eigenvalue weighted by Crippen LogP contribution is -2.40. The molecule has 0 unspecified atom stereocenters. The largest absolute Gasteiger partial charge is 0.353 e. The van der Waals surface area contributed by atoms with Crippen LogP contribution in [-0.2, 0) is 25.0 Å². The molecular weight excluding hydrogens is 426 g/mol. The Hall–Kier alpha value is -2.87. The van der Waals surface area contributed by atoms with Crippen LogP contribution in [0.1, 0.15) is 56.6 Å². The normalized spacial score (nSPS) is 17.6. The average Bonchev–Trinajstić information content (AvgIpc) is 3.39. The minimum atomic E-state index is -3.92. The summed E-state index contributed by atoms with van der Waals surface area (Å²) >= 11 is 0. The monoisotopic (exact) mass is 455 g/mol. The maximum absolute atomic E-state index is 13.0. The van der Waals surface area contributed by atoms with Gasteiger partial charge in [-0.25, -0.2) is 8.42 Å². The van der Waals surface area contributed by atoms with Gasteiger partial charge in [0.2, 0.25) is 11.8 Å². The van der Waals surface area contributed by atoms with E-state index in [0.717, 1.165) is 49.7 Å². The molecular formula is C24H29N3O4S. The highest BCUT2D eigenvalue weighted by molar-refractivity contribution is 7.92. The molecule has 0 aromatic heterocycles. The van der Waals surface area contributed by atoms with Crippen molar-refractivity contribution >= 4 is 33.2 Å². The average molecular weight is 456 g/mol. The number of sulfonamides is 1. The zero-order valence-electron chi connectivity index (χ0n) is 18.4. The minimum Gasteiger partial charge on any atom is -0.353 e. The molecule has 170 valence electrons. The summed E-state index contributed by atoms with van der Waals surface area (Å²) in [5.74, 6) is -0.266. The fraction of sp³-hybridized carbons (Fsp3) is 0.417. The summed E-state index contributed by atoms with van der Waals surface area (Å²) in [5.41, 5.74) is 1.81. The molecule has 4 rings (SSSR count). The molecule has 0 radical (unpaired) electrons. The van der Waals surface area contributed by atoms with Crippen LogP contribution in [0.25, 0.3) is 0 Å². The van der Waals surface area contributed by atoms with Gasteiger partial charge in [-0.15, -0.1) is 0 Å². The third kappa shape index (κ3) is 4.65. The molecule has 2 saturated carbocycles. The van der Waals surface area contributed by atoms with Crippen LogP contribution in [0.5, 0.6) is 0 Å². The Bertz CT molecular complexity index is 1130. The lowest BCUT2D eigenvalue weighted by Gasteiger charge is -2.20. The molecule has 0 saturated heterocycles. The first-order valence-corrected chi connectivity index (χ1v) is 12.5. The molecule has 8 heteroatoms. The predicted octanol–water partition coefficient (Wildman–Crippen LogP) is 3.84. The molecule has 0 atom stereocenters. The Balaban J connectivity index is 1.51. The van der Waals surface area contributed by atoms with Crippen molar-refractivity contribution in [2.75, 3.05) is 10.0 Å². The van der Waals surface area contributed by atoms with E-state index in [1.807, 2.05) is 12.1 Å². The van der Waals surface area contributed by atoms with Gasteiger partial charge in [0, 0.05) is 18.7 Å². The van der Waals surface area contributed by atoms with E-state index in [0.29, 0.717) is 5.69 Å². The number of hydrogen-bond donors (Lipinski definition) is 3. The Labute approximate surface area is 189 Å². The minimum absolute atomic E-state index is 0.00591. The SMILES string of the molecule is CC(=O)Nc1ccc(C)cc1S(=O)(=O)Nc1ccc(C2(C(=O)NC3CCCC3)CC2)cc1. The molecule has 2 fully saturated rings. The third-order valence-corrected chi connectivity index (χ3v) is 7.72. The summed E-state index contributed by atoms with van der Waals surface area (Å²) < 4.78 is 28.6. The second kappa shape index (κ2) is 8.58. The lowest BCUT2D eigenvalue weighted by molar-refractivity contribution is -0.124. The van der Waals surface area contributed by atoms with E-state index in [9.17, 15) is 18.0 Å². The van der Waals surface area contributed by atoms with Crippen molar-refractivity contribution in [1.82, 2.24) is 5.32 Å². The molecule has 7 nitrogen and oxygen atoms in total. The van der Waals surface area contributed by atoms with Crippen LogP contribution in [0.2, 0.25) is 0 Å². The molecule has 0 spiro atoms. The number of hydrogen-bond acceptors (Lipinski definition) is 4. The van der Waals surface area contributed by atoms with Gasteiger partial charge in [-0.05, 0) is 68.0 Å². The molecule has 2 aromatic carbocycles. The Morgan fingerprint density at radius 3 is 2.25 bits per heavy atom. The van der Waals surface area contributed by atoms with Crippen LogP contribution >= 0.6 is 0 Å². The number of amides is 2. The first-order valence-electron chi connectivity index (χ1n) is 11.0. The van der Waals surface area contributed by atoms with E-state index in [1.165, 1.54) is 13.0 Å². The molecule has 2 amide bonds. The summed E-state index contributed by atoms with van der Waals surface area (Å²) in [6.07, 6.45) is 6.03. The number of aryl methyl sites for hydroxylation is 1. The van der Waals surface area contributed by atoms with E-state index in [2.05, 4.69) is 15.4 Å². The first kappa shape index (κ1) is 22.3. The van der Waals surface area contributed by atoms with Crippen molar-refractivity contribution < 1.29 is 18.0 Å². The topological polar surface area (TPSA) is 104 Å². The van der Waals surface area contributed by atoms with Crippen LogP contribution in [0, 0.1) is 6.92 Å². The van der Waals surface area contributed by atoms with Gasteiger partial charge in [0.15, 0.2) is 0 Å². The summed E-state index contributed by atoms with van der Waals surface area (Å²) in [4.78, 5) is 24.4. The van der Waals surface area contributed by atoms with Gasteiger partial charge >= 0.3 is 0 Å². The second-order valence-electron chi connectivity index (χ2n) is 8.90. The van der Waals surface area contributed by atoms with Gasteiger partial charge in [0.05, 0.1) is 11.1 Å². The highest BCUT2D eigenvalue weighted by Crippen LogP contribution is 2.49. The van der Waals surface area contributed by atoms with E-state index in [-0.39, 0.29) is 28.4 Å². The summed E-state index contributed by atoms with van der Waals surface area (Å²) in [6.45, 7) is 3.12. The molecule has 0 aliphatic heterocycles. The number of nitrogens with one attached hydrogen (secondary N) is 3. The highest BCUT2D eigenvalue weighted by atomic mass is 32.2. The number of carbonyl (C=O) groups excluding carboxylic acids is 2. The fourth-order valence-corrected chi connectivity index (χ4v) is 5.68. The van der Waals surface area contributed by atoms with E-state index in [1.54, 1.807) is 31.2 Å². The Morgan fingerprint density at radius 1 is 1.00 bits per heavy atom. The number of benzene rings is 2. The van der Waals surface area contributed by atoms with E-state index in [4.69, 9.17) is 0 Å². The van der Waals surface area contributed by atoms with Crippen molar-refractivity contribution in [2.24, 2.45) is 0 Å². The van der Waals surface area contributed by atoms with Crippen molar-refractivity contribution in [2.45, 2.75) is 68.7 Å². The molecule has 0 heterocycles. The number of rotatable bonds is 7. The number of anilines is 2. The Morgan fingerprint density at radius 2 is 1.66 bits per heavy atom. The third-order valence-electron chi connectivity index (χ3n) is 6.30. The van der Waals surface area contributed by atoms with Crippen molar-refractivity contribution in [3.8, 4) is 0 Å². The molecule has 2 aromatic rings. The summed E-state index contributed by atoms with van der Waals surface area (Å²) in [7, 11) is -3.92. The van der Waals surface area contributed by atoms with E-state index < -0.39 is 15.4 Å². The zero-order chi connectivity index (χ0) is 22.9. The van der Waals surface area contributed by atoms with Gasteiger partial charge in [-0.3, -0.25) is 14.3 Å². The van der Waals surface area contributed by atoms with Gasteiger partial charge in [-0.2, -0.15) is 0 Å². The highest BCUT2D eigenvalue weighted by Gasteiger charge is 2.51. The standard InChI is InChI=1S/C24H29N3O4S/c1-16-7-12-21(25-17(2)28)22(15-16)32(30,31)27-20-10-8-18(9-11-20)24(13-14-24)23(29)26-19-5-3-4-6-19/h7-12,15,19,27H,3-6,13-14H2,1-2H3,(H,25,28)(H,26,29). The predicted molar refractivity (Wildman–Crippen MR) is 124 cm³/mol. The van der Waals surface area contributed by atoms with Gasteiger partial charge < -0.3 is 10.6 Å². The van der Waals surface area contributed by atoms with Crippen LogP contribution < -0.4 is 15.4 Å². The molecule has 32 heavy (non-hydrogen) atoms. The van der Waals surface area contributed by atoms with Gasteiger partial charge in [0.1, 0.15) is 4.90 Å². The van der Waals surface area contributed by atoms with Crippen molar-refractivity contribution in [3.05, 3.63) is 53.6 Å². The van der Waals surface area contributed by atoms with E-state index >= 15 is 0 Å². The van der Waals surface area contributed by atoms with Gasteiger partial charge in [-0.1, -0.05) is 31.0 Å². The second-order valence-corrected chi connectivity index (χ2v) is 10.6. The summed E-state index contributed by atoms with van der Waals surface area (Å²) in [6, 6.07) is 12.1. The smallest absolute Gasteiger partial charge is 0.263 e. The maximum atomic E-state index is 13.0. The summed E-state index contributed by atoms with van der Waals surface area (Å²) in [5, 5.41) is 5.77. The van der Waals surface area contributed by atoms with Crippen LogP contribution in [0.4, 0.5) is 11.4 Å². The van der Waals surface area contributed by atoms with Crippen molar-refractivity contribution in [1.29, 1.82) is 0 Å². The van der Waals surface area contributed by atoms with Crippen LogP contribution in [-0.4, -0.2) is 26.3 Å². The molecule has 3 N–H and O–H groups in total. The van der Waals surface area contributed by atoms with Crippen LogP contribution in [0.15, 0.2) is 47.4 Å². The first-order chi connectivity index (χ1) is 15.2. The number of carbonyl (C=O) groups is 2. The molecule has 2 aliphatic carbocycles. The quantitative estimate of drug-likeness (QED) is 0.590. The Kier molecular flexibility index (Phi) is 5.99. The maximum Gasteiger partial charge on any atom is 0.263 e. The van der Waals surface area contributed by atoms with Gasteiger partial charge in [0.25, 0.3) is 10.0 Å². The molecule has 0 bridgehead atoms. The zero-order valence-corrected chi connectivity index (χ0v) is 19.2. The van der Waals surface area contributed by atoms with Crippen molar-refractivity contribution in [3.63, 3.8) is 0 Å².